The molecule has 1 saturated carbocycles. The molecule has 0 N–H and O–H groups in total. The molecule has 2 nitrogen and oxygen atoms in total. The lowest BCUT2D eigenvalue weighted by Gasteiger charge is -2.29. The van der Waals surface area contributed by atoms with Crippen molar-refractivity contribution < 1.29 is 9.47 Å². The van der Waals surface area contributed by atoms with Crippen LogP contribution >= 0.6 is 0 Å². The van der Waals surface area contributed by atoms with Gasteiger partial charge in [0.1, 0.15) is 0 Å². The molecular weight excluding hydrogens is 164 g/mol. The summed E-state index contributed by atoms with van der Waals surface area (Å²) in [6.07, 6.45) is 6.96. The average molecular weight is 186 g/mol. The van der Waals surface area contributed by atoms with Crippen LogP contribution in [0.25, 0.3) is 0 Å². The molecule has 1 fully saturated rings. The molecule has 1 rings (SSSR count). The third-order valence-corrected chi connectivity index (χ3v) is 3.08. The van der Waals surface area contributed by atoms with E-state index in [1.807, 2.05) is 0 Å². The molecule has 0 heterocycles. The van der Waals surface area contributed by atoms with Gasteiger partial charge in [0.15, 0.2) is 0 Å². The summed E-state index contributed by atoms with van der Waals surface area (Å²) in [4.78, 5) is 0. The number of hydrogen-bond donors (Lipinski definition) is 0. The van der Waals surface area contributed by atoms with Gasteiger partial charge in [-0.1, -0.05) is 32.1 Å². The second kappa shape index (κ2) is 6.39. The zero-order chi connectivity index (χ0) is 9.52. The lowest BCUT2D eigenvalue weighted by atomic mass is 9.80. The second-order valence-electron chi connectivity index (χ2n) is 4.07. The molecule has 1 aliphatic carbocycles. The van der Waals surface area contributed by atoms with Gasteiger partial charge in [-0.3, -0.25) is 0 Å². The van der Waals surface area contributed by atoms with Crippen LogP contribution in [0.15, 0.2) is 0 Å². The molecule has 0 atom stereocenters. The van der Waals surface area contributed by atoms with Gasteiger partial charge in [0, 0.05) is 20.1 Å². The first-order valence-corrected chi connectivity index (χ1v) is 5.36. The summed E-state index contributed by atoms with van der Waals surface area (Å²) in [6.45, 7) is 1.72. The molecule has 78 valence electrons. The Balaban J connectivity index is 2.32. The Labute approximate surface area is 81.6 Å². The van der Waals surface area contributed by atoms with Crippen molar-refractivity contribution in [3.63, 3.8) is 0 Å². The third-order valence-electron chi connectivity index (χ3n) is 3.08. The number of rotatable bonds is 5. The van der Waals surface area contributed by atoms with Crippen LogP contribution in [0.4, 0.5) is 0 Å². The minimum atomic E-state index is 0.621. The monoisotopic (exact) mass is 186 g/mol. The largest absolute Gasteiger partial charge is 0.384 e. The number of hydrogen-bond acceptors (Lipinski definition) is 2. The summed E-state index contributed by atoms with van der Waals surface area (Å²) in [6, 6.07) is 0. The van der Waals surface area contributed by atoms with Crippen molar-refractivity contribution in [2.24, 2.45) is 11.8 Å². The van der Waals surface area contributed by atoms with Crippen LogP contribution in [-0.2, 0) is 9.47 Å². The van der Waals surface area contributed by atoms with Gasteiger partial charge in [-0.25, -0.2) is 0 Å². The summed E-state index contributed by atoms with van der Waals surface area (Å²) >= 11 is 0. The predicted octanol–water partition coefficient (Wildman–Crippen LogP) is 2.48. The van der Waals surface area contributed by atoms with E-state index in [0.717, 1.165) is 19.1 Å². The van der Waals surface area contributed by atoms with Gasteiger partial charge in [-0.15, -0.1) is 0 Å². The van der Waals surface area contributed by atoms with Crippen LogP contribution < -0.4 is 0 Å². The fourth-order valence-corrected chi connectivity index (χ4v) is 2.35. The Hall–Kier alpha value is -0.0800. The van der Waals surface area contributed by atoms with Gasteiger partial charge in [-0.05, 0) is 5.92 Å². The van der Waals surface area contributed by atoms with Crippen molar-refractivity contribution in [2.75, 3.05) is 27.4 Å². The first-order valence-electron chi connectivity index (χ1n) is 5.36. The van der Waals surface area contributed by atoms with Gasteiger partial charge in [0.05, 0.1) is 13.2 Å². The van der Waals surface area contributed by atoms with Crippen LogP contribution in [0.5, 0.6) is 0 Å². The zero-order valence-electron chi connectivity index (χ0n) is 8.92. The molecule has 0 aromatic rings. The molecule has 0 saturated heterocycles. The Morgan fingerprint density at radius 1 is 1.00 bits per heavy atom. The molecule has 13 heavy (non-hydrogen) atoms. The van der Waals surface area contributed by atoms with E-state index >= 15 is 0 Å². The fourth-order valence-electron chi connectivity index (χ4n) is 2.35. The van der Waals surface area contributed by atoms with Crippen molar-refractivity contribution in [1.29, 1.82) is 0 Å². The maximum absolute atomic E-state index is 5.23. The molecule has 0 unspecified atom stereocenters. The molecule has 0 radical (unpaired) electrons. The van der Waals surface area contributed by atoms with Crippen LogP contribution in [0.1, 0.15) is 32.1 Å². The highest BCUT2D eigenvalue weighted by molar-refractivity contribution is 4.73. The topological polar surface area (TPSA) is 18.5 Å². The average Bonchev–Trinajstić information content (AvgIpc) is 2.19. The van der Waals surface area contributed by atoms with Crippen LogP contribution in [0.3, 0.4) is 0 Å². The van der Waals surface area contributed by atoms with Gasteiger partial charge in [-0.2, -0.15) is 0 Å². The van der Waals surface area contributed by atoms with Gasteiger partial charge in [0.2, 0.25) is 0 Å². The van der Waals surface area contributed by atoms with Crippen molar-refractivity contribution in [3.8, 4) is 0 Å². The molecule has 2 heteroatoms. The molecule has 0 bridgehead atoms. The summed E-state index contributed by atoms with van der Waals surface area (Å²) < 4.78 is 10.5. The summed E-state index contributed by atoms with van der Waals surface area (Å²) in [7, 11) is 3.57. The van der Waals surface area contributed by atoms with E-state index in [1.165, 1.54) is 32.1 Å². The summed E-state index contributed by atoms with van der Waals surface area (Å²) in [5.74, 6) is 1.46. The molecule has 0 aromatic carbocycles. The van der Waals surface area contributed by atoms with Crippen LogP contribution in [-0.4, -0.2) is 27.4 Å². The predicted molar refractivity (Wildman–Crippen MR) is 53.8 cm³/mol. The molecule has 0 aromatic heterocycles. The molecule has 0 aliphatic heterocycles. The van der Waals surface area contributed by atoms with Crippen molar-refractivity contribution in [1.82, 2.24) is 0 Å². The highest BCUT2D eigenvalue weighted by Crippen LogP contribution is 2.30. The Morgan fingerprint density at radius 2 is 1.54 bits per heavy atom. The second-order valence-corrected chi connectivity index (χ2v) is 4.07. The standard InChI is InChI=1S/C11H22O2/c1-12-8-11(9-13-2)10-6-4-3-5-7-10/h10-11H,3-9H2,1-2H3. The fraction of sp³-hybridized carbons (Fsp3) is 1.00. The normalized spacial score (nSPS) is 19.6. The van der Waals surface area contributed by atoms with Gasteiger partial charge < -0.3 is 9.47 Å². The maximum Gasteiger partial charge on any atom is 0.0515 e. The van der Waals surface area contributed by atoms with E-state index in [1.54, 1.807) is 14.2 Å². The number of methoxy groups -OCH3 is 2. The van der Waals surface area contributed by atoms with E-state index in [0.29, 0.717) is 5.92 Å². The first kappa shape index (κ1) is 11.0. The van der Waals surface area contributed by atoms with E-state index < -0.39 is 0 Å². The zero-order valence-corrected chi connectivity index (χ0v) is 8.92. The Kier molecular flexibility index (Phi) is 5.40. The van der Waals surface area contributed by atoms with Crippen molar-refractivity contribution >= 4 is 0 Å². The van der Waals surface area contributed by atoms with E-state index in [-0.39, 0.29) is 0 Å². The smallest absolute Gasteiger partial charge is 0.0515 e. The molecule has 0 spiro atoms. The SMILES string of the molecule is COCC(COC)C1CCCCC1. The third kappa shape index (κ3) is 3.65. The lowest BCUT2D eigenvalue weighted by molar-refractivity contribution is 0.0429. The van der Waals surface area contributed by atoms with Crippen LogP contribution in [0, 0.1) is 11.8 Å². The summed E-state index contributed by atoms with van der Waals surface area (Å²) in [5.41, 5.74) is 0. The molecular formula is C11H22O2. The van der Waals surface area contributed by atoms with E-state index in [2.05, 4.69) is 0 Å². The van der Waals surface area contributed by atoms with Crippen LogP contribution in [0.2, 0.25) is 0 Å². The highest BCUT2D eigenvalue weighted by atomic mass is 16.5. The highest BCUT2D eigenvalue weighted by Gasteiger charge is 2.23. The quantitative estimate of drug-likeness (QED) is 0.656. The Bertz CT molecular complexity index is 113. The van der Waals surface area contributed by atoms with E-state index in [9.17, 15) is 0 Å². The first-order chi connectivity index (χ1) is 6.38. The number of ether oxygens (including phenoxy) is 2. The molecule has 1 aliphatic rings. The van der Waals surface area contributed by atoms with Gasteiger partial charge >= 0.3 is 0 Å². The summed E-state index contributed by atoms with van der Waals surface area (Å²) in [5, 5.41) is 0. The van der Waals surface area contributed by atoms with Gasteiger partial charge in [0.25, 0.3) is 0 Å². The minimum Gasteiger partial charge on any atom is -0.384 e. The lowest BCUT2D eigenvalue weighted by Crippen LogP contribution is -2.26. The minimum absolute atomic E-state index is 0.621. The molecule has 0 amide bonds. The maximum atomic E-state index is 5.23. The van der Waals surface area contributed by atoms with Crippen molar-refractivity contribution in [3.05, 3.63) is 0 Å². The van der Waals surface area contributed by atoms with Crippen molar-refractivity contribution in [2.45, 2.75) is 32.1 Å². The van der Waals surface area contributed by atoms with E-state index in [4.69, 9.17) is 9.47 Å². The Morgan fingerprint density at radius 3 is 2.00 bits per heavy atom.